The Bertz CT molecular complexity index is 1200. The minimum absolute atomic E-state index is 0.113. The van der Waals surface area contributed by atoms with E-state index in [1.54, 1.807) is 6.07 Å². The van der Waals surface area contributed by atoms with E-state index in [9.17, 15) is 14.4 Å². The van der Waals surface area contributed by atoms with E-state index in [1.807, 2.05) is 45.0 Å². The number of halogens is 1. The standard InChI is InChI=1S/C31H40ClN3O5/c1-6-11-23(20-12-8-7-9-13-20)27(36)33-26(30(2,3)4)28(37)35-19-31(18-25(35)29(38)39-5)17-24(34-40-31)21-14-10-15-22(32)16-21/h1,10,14-17,20,23,25-26,34H,7-9,11-13,18-19H2,2-5H3,(H,33,36)/t23-,25-,26+,31+/m0/s1. The highest BCUT2D eigenvalue weighted by Gasteiger charge is 2.54. The quantitative estimate of drug-likeness (QED) is 0.371. The largest absolute Gasteiger partial charge is 0.467 e. The zero-order valence-corrected chi connectivity index (χ0v) is 24.6. The highest BCUT2D eigenvalue weighted by atomic mass is 35.5. The Hall–Kier alpha value is -3.02. The van der Waals surface area contributed by atoms with Gasteiger partial charge in [0.1, 0.15) is 17.7 Å². The van der Waals surface area contributed by atoms with Crippen LogP contribution < -0.4 is 10.8 Å². The summed E-state index contributed by atoms with van der Waals surface area (Å²) in [5, 5.41) is 3.63. The fourth-order valence-corrected chi connectivity index (χ4v) is 6.33. The van der Waals surface area contributed by atoms with Crippen molar-refractivity contribution in [2.24, 2.45) is 17.3 Å². The molecule has 216 valence electrons. The summed E-state index contributed by atoms with van der Waals surface area (Å²) in [7, 11) is 1.30. The van der Waals surface area contributed by atoms with Crippen molar-refractivity contribution >= 4 is 35.1 Å². The van der Waals surface area contributed by atoms with E-state index in [1.165, 1.54) is 18.4 Å². The Morgan fingerprint density at radius 1 is 1.27 bits per heavy atom. The molecule has 1 saturated carbocycles. The Morgan fingerprint density at radius 3 is 2.62 bits per heavy atom. The summed E-state index contributed by atoms with van der Waals surface area (Å²) in [6.07, 6.45) is 13.3. The van der Waals surface area contributed by atoms with E-state index in [4.69, 9.17) is 27.6 Å². The molecule has 9 heteroatoms. The molecule has 1 spiro atoms. The molecular formula is C31H40ClN3O5. The lowest BCUT2D eigenvalue weighted by molar-refractivity contribution is -0.153. The van der Waals surface area contributed by atoms with Gasteiger partial charge >= 0.3 is 5.97 Å². The smallest absolute Gasteiger partial charge is 0.328 e. The average molecular weight is 570 g/mol. The number of likely N-dealkylation sites (tertiary alicyclic amines) is 1. The number of rotatable bonds is 7. The molecular weight excluding hydrogens is 530 g/mol. The Balaban J connectivity index is 1.60. The second-order valence-electron chi connectivity index (χ2n) is 12.3. The molecule has 1 aromatic rings. The molecule has 0 unspecified atom stereocenters. The van der Waals surface area contributed by atoms with Crippen LogP contribution in [0.3, 0.4) is 0 Å². The lowest BCUT2D eigenvalue weighted by Crippen LogP contribution is -2.58. The molecule has 4 atom stereocenters. The van der Waals surface area contributed by atoms with Crippen LogP contribution in [0.5, 0.6) is 0 Å². The molecule has 4 rings (SSSR count). The van der Waals surface area contributed by atoms with Gasteiger partial charge in [-0.3, -0.25) is 19.9 Å². The van der Waals surface area contributed by atoms with Crippen LogP contribution in [0.25, 0.3) is 5.70 Å². The molecule has 40 heavy (non-hydrogen) atoms. The third-order valence-electron chi connectivity index (χ3n) is 8.31. The lowest BCUT2D eigenvalue weighted by atomic mass is 9.77. The molecule has 3 aliphatic rings. The summed E-state index contributed by atoms with van der Waals surface area (Å²) in [6.45, 7) is 5.81. The summed E-state index contributed by atoms with van der Waals surface area (Å²) in [5.74, 6) is 1.42. The van der Waals surface area contributed by atoms with Crippen LogP contribution in [0, 0.1) is 29.6 Å². The molecule has 0 bridgehead atoms. The lowest BCUT2D eigenvalue weighted by Gasteiger charge is -2.37. The summed E-state index contributed by atoms with van der Waals surface area (Å²) in [4.78, 5) is 48.3. The average Bonchev–Trinajstić information content (AvgIpc) is 3.53. The maximum atomic E-state index is 14.2. The number of hydrogen-bond acceptors (Lipinski definition) is 6. The summed E-state index contributed by atoms with van der Waals surface area (Å²) < 4.78 is 5.08. The van der Waals surface area contributed by atoms with Crippen LogP contribution in [0.1, 0.15) is 71.3 Å². The van der Waals surface area contributed by atoms with Gasteiger partial charge < -0.3 is 15.0 Å². The Morgan fingerprint density at radius 2 is 2.00 bits per heavy atom. The molecule has 2 aliphatic heterocycles. The molecule has 2 heterocycles. The van der Waals surface area contributed by atoms with E-state index < -0.39 is 29.1 Å². The second kappa shape index (κ2) is 12.2. The van der Waals surface area contributed by atoms with Crippen molar-refractivity contribution in [3.05, 3.63) is 40.9 Å². The van der Waals surface area contributed by atoms with E-state index in [2.05, 4.69) is 16.7 Å². The van der Waals surface area contributed by atoms with Crippen molar-refractivity contribution in [1.82, 2.24) is 15.7 Å². The molecule has 0 radical (unpaired) electrons. The van der Waals surface area contributed by atoms with E-state index in [0.29, 0.717) is 17.1 Å². The predicted molar refractivity (Wildman–Crippen MR) is 153 cm³/mol. The van der Waals surface area contributed by atoms with Gasteiger partial charge in [-0.05, 0) is 42.4 Å². The van der Waals surface area contributed by atoms with Crippen LogP contribution in [-0.4, -0.2) is 54.0 Å². The van der Waals surface area contributed by atoms with E-state index in [0.717, 1.165) is 31.2 Å². The van der Waals surface area contributed by atoms with Gasteiger partial charge in [-0.15, -0.1) is 12.3 Å². The first kappa shape index (κ1) is 30.0. The van der Waals surface area contributed by atoms with Crippen molar-refractivity contribution in [3.8, 4) is 12.3 Å². The maximum Gasteiger partial charge on any atom is 0.328 e. The number of carbonyl (C=O) groups is 3. The topological polar surface area (TPSA) is 97.0 Å². The number of esters is 1. The van der Waals surface area contributed by atoms with Gasteiger partial charge in [0.05, 0.1) is 25.3 Å². The number of carbonyl (C=O) groups excluding carboxylic acids is 3. The Kier molecular flexibility index (Phi) is 9.16. The van der Waals surface area contributed by atoms with Crippen molar-refractivity contribution in [2.75, 3.05) is 13.7 Å². The van der Waals surface area contributed by atoms with Crippen LogP contribution in [0.4, 0.5) is 0 Å². The highest BCUT2D eigenvalue weighted by Crippen LogP contribution is 2.39. The number of hydroxylamine groups is 1. The number of ether oxygens (including phenoxy) is 1. The van der Waals surface area contributed by atoms with Crippen LogP contribution in [0.2, 0.25) is 5.02 Å². The summed E-state index contributed by atoms with van der Waals surface area (Å²) in [6, 6.07) is 5.57. The number of methoxy groups -OCH3 is 1. The molecule has 2 N–H and O–H groups in total. The van der Waals surface area contributed by atoms with Crippen LogP contribution in [0.15, 0.2) is 30.3 Å². The highest BCUT2D eigenvalue weighted by molar-refractivity contribution is 6.30. The van der Waals surface area contributed by atoms with Gasteiger partial charge in [0, 0.05) is 23.4 Å². The predicted octanol–water partition coefficient (Wildman–Crippen LogP) is 4.48. The number of nitrogens with zero attached hydrogens (tertiary/aromatic N) is 1. The number of benzene rings is 1. The van der Waals surface area contributed by atoms with Gasteiger partial charge in [-0.2, -0.15) is 0 Å². The Labute approximate surface area is 242 Å². The third kappa shape index (κ3) is 6.47. The van der Waals surface area contributed by atoms with E-state index >= 15 is 0 Å². The van der Waals surface area contributed by atoms with Crippen molar-refractivity contribution in [2.45, 2.75) is 83.4 Å². The van der Waals surface area contributed by atoms with Gasteiger partial charge in [0.25, 0.3) is 0 Å². The molecule has 1 saturated heterocycles. The van der Waals surface area contributed by atoms with Crippen molar-refractivity contribution in [1.29, 1.82) is 0 Å². The monoisotopic (exact) mass is 569 g/mol. The summed E-state index contributed by atoms with van der Waals surface area (Å²) >= 11 is 6.18. The fourth-order valence-electron chi connectivity index (χ4n) is 6.13. The molecule has 2 amide bonds. The first-order chi connectivity index (χ1) is 19.0. The SMILES string of the molecule is C#CC[C@H](C(=O)N[C@H](C(=O)N1C[C@@]2(C=C(c3cccc(Cl)c3)NO2)C[C@H]1C(=O)OC)C(C)(C)C)C1CCCCC1. The first-order valence-electron chi connectivity index (χ1n) is 14.0. The second-order valence-corrected chi connectivity index (χ2v) is 12.7. The number of terminal acetylenes is 1. The minimum atomic E-state index is -0.952. The number of nitrogens with one attached hydrogen (secondary N) is 2. The zero-order valence-electron chi connectivity index (χ0n) is 23.8. The van der Waals surface area contributed by atoms with Crippen LogP contribution >= 0.6 is 11.6 Å². The zero-order chi connectivity index (χ0) is 29.1. The van der Waals surface area contributed by atoms with Gasteiger partial charge in [-0.25, -0.2) is 4.79 Å². The molecule has 1 aromatic carbocycles. The number of hydrogen-bond donors (Lipinski definition) is 2. The summed E-state index contributed by atoms with van der Waals surface area (Å²) in [5.41, 5.74) is 2.89. The minimum Gasteiger partial charge on any atom is -0.467 e. The van der Waals surface area contributed by atoms with E-state index in [-0.39, 0.29) is 36.6 Å². The van der Waals surface area contributed by atoms with Crippen molar-refractivity contribution in [3.63, 3.8) is 0 Å². The maximum absolute atomic E-state index is 14.2. The van der Waals surface area contributed by atoms with Gasteiger partial charge in [-0.1, -0.05) is 63.8 Å². The molecule has 2 fully saturated rings. The van der Waals surface area contributed by atoms with Gasteiger partial charge in [0.15, 0.2) is 0 Å². The normalized spacial score (nSPS) is 24.6. The third-order valence-corrected chi connectivity index (χ3v) is 8.54. The molecule has 8 nitrogen and oxygen atoms in total. The first-order valence-corrected chi connectivity index (χ1v) is 14.4. The van der Waals surface area contributed by atoms with Gasteiger partial charge in [0.2, 0.25) is 11.8 Å². The molecule has 0 aromatic heterocycles. The van der Waals surface area contributed by atoms with Crippen molar-refractivity contribution < 1.29 is 24.0 Å². The van der Waals surface area contributed by atoms with Crippen LogP contribution in [-0.2, 0) is 24.0 Å². The number of amides is 2. The fraction of sp³-hybridized carbons (Fsp3) is 0.581. The molecule has 1 aliphatic carbocycles.